The van der Waals surface area contributed by atoms with Crippen LogP contribution in [0.25, 0.3) is 10.1 Å². The van der Waals surface area contributed by atoms with Crippen molar-refractivity contribution in [2.75, 3.05) is 25.5 Å². The number of amides is 2. The third kappa shape index (κ3) is 6.01. The zero-order valence-electron chi connectivity index (χ0n) is 18.7. The molecular weight excluding hydrogens is 478 g/mol. The van der Waals surface area contributed by atoms with Crippen LogP contribution in [0.15, 0.2) is 42.5 Å². The van der Waals surface area contributed by atoms with Gasteiger partial charge in [0.15, 0.2) is 5.11 Å². The van der Waals surface area contributed by atoms with Gasteiger partial charge in [-0.15, -0.1) is 11.3 Å². The van der Waals surface area contributed by atoms with Crippen LogP contribution in [0.2, 0.25) is 5.02 Å². The van der Waals surface area contributed by atoms with E-state index in [1.807, 2.05) is 30.9 Å². The SMILES string of the molecule is CCCN(CCC)C(=O)c1cccc(NC(=S)NC(=O)c2sc3cc(OC)ccc3c2Cl)c1. The maximum atomic E-state index is 12.9. The van der Waals surface area contributed by atoms with Gasteiger partial charge in [-0.25, -0.2) is 0 Å². The Morgan fingerprint density at radius 1 is 1.12 bits per heavy atom. The third-order valence-corrected chi connectivity index (χ3v) is 6.77. The number of rotatable bonds is 8. The quantitative estimate of drug-likeness (QED) is 0.371. The molecule has 0 aliphatic rings. The number of thiocarbonyl (C=S) groups is 1. The van der Waals surface area contributed by atoms with Crippen LogP contribution < -0.4 is 15.4 Å². The molecule has 0 aliphatic carbocycles. The van der Waals surface area contributed by atoms with E-state index in [-0.39, 0.29) is 11.0 Å². The number of hydrogen-bond donors (Lipinski definition) is 2. The van der Waals surface area contributed by atoms with Crippen molar-refractivity contribution in [3.63, 3.8) is 0 Å². The summed E-state index contributed by atoms with van der Waals surface area (Å²) < 4.78 is 6.08. The van der Waals surface area contributed by atoms with Crippen LogP contribution in [0.4, 0.5) is 5.69 Å². The third-order valence-electron chi connectivity index (χ3n) is 4.91. The number of thiophene rings is 1. The highest BCUT2D eigenvalue weighted by molar-refractivity contribution is 7.80. The Morgan fingerprint density at radius 3 is 2.52 bits per heavy atom. The van der Waals surface area contributed by atoms with Gasteiger partial charge in [-0.2, -0.15) is 0 Å². The molecule has 33 heavy (non-hydrogen) atoms. The zero-order chi connectivity index (χ0) is 24.0. The summed E-state index contributed by atoms with van der Waals surface area (Å²) in [6.07, 6.45) is 1.79. The minimum atomic E-state index is -0.401. The van der Waals surface area contributed by atoms with Crippen LogP contribution in [-0.2, 0) is 0 Å². The fraction of sp³-hybridized carbons (Fsp3) is 0.292. The molecular formula is C24H26ClN3O3S2. The van der Waals surface area contributed by atoms with Gasteiger partial charge in [-0.3, -0.25) is 14.9 Å². The highest BCUT2D eigenvalue weighted by Crippen LogP contribution is 2.37. The number of hydrogen-bond acceptors (Lipinski definition) is 5. The standard InChI is InChI=1S/C24H26ClN3O3S2/c1-4-11-28(12-5-2)23(30)15-7-6-8-16(13-15)26-24(32)27-22(29)21-20(25)18-10-9-17(31-3)14-19(18)33-21/h6-10,13-14H,4-5,11-12H2,1-3H3,(H2,26,27,29,32). The van der Waals surface area contributed by atoms with E-state index in [4.69, 9.17) is 28.6 Å². The Hall–Kier alpha value is -2.68. The fourth-order valence-corrected chi connectivity index (χ4v) is 5.06. The van der Waals surface area contributed by atoms with Gasteiger partial charge in [0.2, 0.25) is 0 Å². The van der Waals surface area contributed by atoms with Crippen molar-refractivity contribution in [1.29, 1.82) is 0 Å². The first-order chi connectivity index (χ1) is 15.9. The normalized spacial score (nSPS) is 10.7. The van der Waals surface area contributed by atoms with E-state index in [1.54, 1.807) is 37.4 Å². The van der Waals surface area contributed by atoms with Gasteiger partial charge in [-0.1, -0.05) is 31.5 Å². The summed E-state index contributed by atoms with van der Waals surface area (Å²) in [5.74, 6) is 0.266. The molecule has 0 fully saturated rings. The fourth-order valence-electron chi connectivity index (χ4n) is 3.41. The van der Waals surface area contributed by atoms with Gasteiger partial charge < -0.3 is 15.0 Å². The Kier molecular flexibility index (Phi) is 8.66. The predicted octanol–water partition coefficient (Wildman–Crippen LogP) is 5.95. The van der Waals surface area contributed by atoms with E-state index in [0.717, 1.165) is 22.9 Å². The van der Waals surface area contributed by atoms with E-state index < -0.39 is 5.91 Å². The zero-order valence-corrected chi connectivity index (χ0v) is 21.1. The van der Waals surface area contributed by atoms with Gasteiger partial charge in [-0.05, 0) is 61.5 Å². The van der Waals surface area contributed by atoms with Gasteiger partial charge in [0.05, 0.1) is 12.1 Å². The molecule has 9 heteroatoms. The van der Waals surface area contributed by atoms with Crippen molar-refractivity contribution in [3.05, 3.63) is 57.9 Å². The molecule has 6 nitrogen and oxygen atoms in total. The topological polar surface area (TPSA) is 70.7 Å². The number of fused-ring (bicyclic) bond motifs is 1. The number of carbonyl (C=O) groups excluding carboxylic acids is 2. The summed E-state index contributed by atoms with van der Waals surface area (Å²) in [7, 11) is 1.59. The highest BCUT2D eigenvalue weighted by atomic mass is 35.5. The molecule has 174 valence electrons. The second-order valence-electron chi connectivity index (χ2n) is 7.39. The molecule has 0 bridgehead atoms. The maximum Gasteiger partial charge on any atom is 0.269 e. The van der Waals surface area contributed by atoms with E-state index in [2.05, 4.69) is 10.6 Å². The summed E-state index contributed by atoms with van der Waals surface area (Å²) in [6, 6.07) is 12.5. The lowest BCUT2D eigenvalue weighted by atomic mass is 10.1. The van der Waals surface area contributed by atoms with Crippen LogP contribution in [0.5, 0.6) is 5.75 Å². The van der Waals surface area contributed by atoms with Crippen LogP contribution in [0.1, 0.15) is 46.7 Å². The largest absolute Gasteiger partial charge is 0.497 e. The summed E-state index contributed by atoms with van der Waals surface area (Å²) in [5.41, 5.74) is 1.18. The van der Waals surface area contributed by atoms with Gasteiger partial charge in [0.25, 0.3) is 11.8 Å². The van der Waals surface area contributed by atoms with E-state index >= 15 is 0 Å². The first kappa shape index (κ1) is 25.0. The molecule has 0 saturated heterocycles. The molecule has 0 atom stereocenters. The molecule has 0 spiro atoms. The monoisotopic (exact) mass is 503 g/mol. The van der Waals surface area contributed by atoms with Crippen molar-refractivity contribution in [3.8, 4) is 5.75 Å². The second-order valence-corrected chi connectivity index (χ2v) is 9.23. The Labute approximate surface area is 207 Å². The van der Waals surface area contributed by atoms with Crippen LogP contribution in [0, 0.1) is 0 Å². The molecule has 0 radical (unpaired) electrons. The minimum absolute atomic E-state index is 0.0233. The number of nitrogens with zero attached hydrogens (tertiary/aromatic N) is 1. The van der Waals surface area contributed by atoms with Crippen molar-refractivity contribution in [2.24, 2.45) is 0 Å². The average Bonchev–Trinajstić information content (AvgIpc) is 3.14. The molecule has 0 unspecified atom stereocenters. The Balaban J connectivity index is 1.70. The Bertz CT molecular complexity index is 1170. The molecule has 3 aromatic rings. The summed E-state index contributed by atoms with van der Waals surface area (Å²) in [4.78, 5) is 27.9. The summed E-state index contributed by atoms with van der Waals surface area (Å²) in [6.45, 7) is 5.52. The van der Waals surface area contributed by atoms with E-state index in [1.165, 1.54) is 11.3 Å². The van der Waals surface area contributed by atoms with Gasteiger partial charge in [0, 0.05) is 34.4 Å². The highest BCUT2D eigenvalue weighted by Gasteiger charge is 2.19. The van der Waals surface area contributed by atoms with E-state index in [0.29, 0.717) is 40.0 Å². The van der Waals surface area contributed by atoms with Crippen LogP contribution in [-0.4, -0.2) is 42.0 Å². The van der Waals surface area contributed by atoms with E-state index in [9.17, 15) is 9.59 Å². The molecule has 3 rings (SSSR count). The van der Waals surface area contributed by atoms with Crippen molar-refractivity contribution in [1.82, 2.24) is 10.2 Å². The number of ether oxygens (including phenoxy) is 1. The molecule has 0 saturated carbocycles. The van der Waals surface area contributed by atoms with Crippen molar-refractivity contribution < 1.29 is 14.3 Å². The number of halogens is 1. The number of anilines is 1. The maximum absolute atomic E-state index is 12.9. The second kappa shape index (κ2) is 11.4. The summed E-state index contributed by atoms with van der Waals surface area (Å²) in [5, 5.41) is 6.92. The average molecular weight is 504 g/mol. The number of nitrogens with one attached hydrogen (secondary N) is 2. The lowest BCUT2D eigenvalue weighted by molar-refractivity contribution is 0.0755. The van der Waals surface area contributed by atoms with Gasteiger partial charge >= 0.3 is 0 Å². The molecule has 1 heterocycles. The first-order valence-corrected chi connectivity index (χ1v) is 12.3. The van der Waals surface area contributed by atoms with Crippen molar-refractivity contribution >= 4 is 67.9 Å². The lowest BCUT2D eigenvalue weighted by Crippen LogP contribution is -2.34. The molecule has 0 aliphatic heterocycles. The smallest absolute Gasteiger partial charge is 0.269 e. The van der Waals surface area contributed by atoms with Crippen molar-refractivity contribution in [2.45, 2.75) is 26.7 Å². The lowest BCUT2D eigenvalue weighted by Gasteiger charge is -2.21. The number of methoxy groups -OCH3 is 1. The molecule has 2 aromatic carbocycles. The molecule has 2 amide bonds. The number of benzene rings is 2. The predicted molar refractivity (Wildman–Crippen MR) is 140 cm³/mol. The first-order valence-electron chi connectivity index (χ1n) is 10.7. The van der Waals surface area contributed by atoms with Crippen LogP contribution >= 0.6 is 35.2 Å². The van der Waals surface area contributed by atoms with Gasteiger partial charge in [0.1, 0.15) is 10.6 Å². The molecule has 2 N–H and O–H groups in total. The number of carbonyl (C=O) groups is 2. The Morgan fingerprint density at radius 2 is 1.85 bits per heavy atom. The summed E-state index contributed by atoms with van der Waals surface area (Å²) >= 11 is 13.0. The molecule has 1 aromatic heterocycles. The minimum Gasteiger partial charge on any atom is -0.497 e. The van der Waals surface area contributed by atoms with Crippen LogP contribution in [0.3, 0.4) is 0 Å².